The fraction of sp³-hybridized carbons (Fsp3) is 0.783. The van der Waals surface area contributed by atoms with E-state index >= 15 is 0 Å². The van der Waals surface area contributed by atoms with Gasteiger partial charge in [0.05, 0.1) is 0 Å². The standard InChI is InChI=1S/C11H14NO3.3C4H9.Sn/c1-11(2)14-8-9(15-11)7-13-10-5-3-4-6-12-10;3*1-3-4-2;/h3-5,9H,7-8H2,1-2H3;3*1,3-4H2,2H3;. The Morgan fingerprint density at radius 1 is 1.04 bits per heavy atom. The molecule has 1 unspecified atom stereocenters. The van der Waals surface area contributed by atoms with Gasteiger partial charge in [0.25, 0.3) is 0 Å². The Balaban J connectivity index is 2.14. The summed E-state index contributed by atoms with van der Waals surface area (Å²) in [6.07, 6.45) is 7.86. The number of rotatable bonds is 13. The van der Waals surface area contributed by atoms with Crippen LogP contribution in [0.4, 0.5) is 0 Å². The van der Waals surface area contributed by atoms with Crippen molar-refractivity contribution in [1.82, 2.24) is 4.98 Å². The number of unbranched alkanes of at least 4 members (excludes halogenated alkanes) is 3. The van der Waals surface area contributed by atoms with Gasteiger partial charge in [-0.05, 0) is 0 Å². The molecule has 1 aromatic heterocycles. The van der Waals surface area contributed by atoms with Gasteiger partial charge in [0.2, 0.25) is 0 Å². The molecule has 0 bridgehead atoms. The fourth-order valence-electron chi connectivity index (χ4n) is 4.12. The Kier molecular flexibility index (Phi) is 10.0. The molecule has 0 radical (unpaired) electrons. The first kappa shape index (κ1) is 23.9. The summed E-state index contributed by atoms with van der Waals surface area (Å²) in [5.74, 6) is 0.256. The molecule has 0 aliphatic carbocycles. The molecule has 1 fully saturated rings. The molecule has 1 saturated heterocycles. The van der Waals surface area contributed by atoms with Crippen LogP contribution in [-0.2, 0) is 9.47 Å². The minimum atomic E-state index is -2.50. The van der Waals surface area contributed by atoms with Crippen molar-refractivity contribution in [2.45, 2.75) is 98.3 Å². The van der Waals surface area contributed by atoms with Gasteiger partial charge in [0, 0.05) is 0 Å². The minimum absolute atomic E-state index is 0.0194. The number of aromatic nitrogens is 1. The van der Waals surface area contributed by atoms with Gasteiger partial charge in [0.15, 0.2) is 0 Å². The van der Waals surface area contributed by atoms with Crippen molar-refractivity contribution in [1.29, 1.82) is 0 Å². The summed E-state index contributed by atoms with van der Waals surface area (Å²) in [6, 6.07) is 6.46. The van der Waals surface area contributed by atoms with Crippen LogP contribution in [-0.4, -0.2) is 48.5 Å². The number of hydrogen-bond acceptors (Lipinski definition) is 4. The van der Waals surface area contributed by atoms with E-state index in [1.54, 1.807) is 0 Å². The number of pyridine rings is 1. The van der Waals surface area contributed by atoms with E-state index in [-0.39, 0.29) is 6.10 Å². The third-order valence-corrected chi connectivity index (χ3v) is 20.9. The second-order valence-corrected chi connectivity index (χ2v) is 21.8. The van der Waals surface area contributed by atoms with Gasteiger partial charge in [-0.1, -0.05) is 0 Å². The number of ether oxygens (including phenoxy) is 3. The molecule has 0 saturated carbocycles. The molecule has 4 nitrogen and oxygen atoms in total. The molecule has 1 aromatic rings. The van der Waals surface area contributed by atoms with Gasteiger partial charge in [0.1, 0.15) is 0 Å². The second-order valence-electron chi connectivity index (χ2n) is 8.71. The normalized spacial score (nSPS) is 19.1. The predicted octanol–water partition coefficient (Wildman–Crippen LogP) is 5.67. The first-order chi connectivity index (χ1) is 13.4. The van der Waals surface area contributed by atoms with E-state index in [1.165, 1.54) is 55.5 Å². The van der Waals surface area contributed by atoms with Crippen molar-refractivity contribution in [2.24, 2.45) is 0 Å². The average molecular weight is 498 g/mol. The second kappa shape index (κ2) is 11.8. The van der Waals surface area contributed by atoms with Crippen LogP contribution < -0.4 is 8.45 Å². The summed E-state index contributed by atoms with van der Waals surface area (Å²) in [5.41, 5.74) is 0. The van der Waals surface area contributed by atoms with E-state index in [2.05, 4.69) is 32.9 Å². The van der Waals surface area contributed by atoms with Crippen molar-refractivity contribution >= 4 is 22.1 Å². The summed E-state index contributed by atoms with van der Waals surface area (Å²) < 4.78 is 23.3. The van der Waals surface area contributed by atoms with Crippen LogP contribution in [0.1, 0.15) is 73.1 Å². The quantitative estimate of drug-likeness (QED) is 0.329. The van der Waals surface area contributed by atoms with E-state index in [0.717, 1.165) is 5.88 Å². The zero-order valence-electron chi connectivity index (χ0n) is 18.8. The summed E-state index contributed by atoms with van der Waals surface area (Å²) in [5, 5.41) is 0. The first-order valence-corrected chi connectivity index (χ1v) is 18.8. The van der Waals surface area contributed by atoms with Crippen LogP contribution in [0.25, 0.3) is 0 Å². The molecule has 2 rings (SSSR count). The molecule has 0 N–H and O–H groups in total. The molecule has 1 aliphatic heterocycles. The Morgan fingerprint density at radius 3 is 2.14 bits per heavy atom. The van der Waals surface area contributed by atoms with E-state index in [0.29, 0.717) is 13.2 Å². The monoisotopic (exact) mass is 499 g/mol. The van der Waals surface area contributed by atoms with Crippen molar-refractivity contribution < 1.29 is 14.2 Å². The SMILES string of the molecule is CCC[CH2][Sn]([CH2]CCC)([CH2]CCC)[c]1cccc(OCC2COC(C)(C)O2)n1. The predicted molar refractivity (Wildman–Crippen MR) is 119 cm³/mol. The topological polar surface area (TPSA) is 40.6 Å². The Hall–Kier alpha value is -0.331. The molecule has 1 aliphatic rings. The molecule has 0 spiro atoms. The van der Waals surface area contributed by atoms with Crippen molar-refractivity contribution in [3.05, 3.63) is 18.2 Å². The molecule has 160 valence electrons. The van der Waals surface area contributed by atoms with Gasteiger partial charge >= 0.3 is 177 Å². The first-order valence-electron chi connectivity index (χ1n) is 11.4. The maximum absolute atomic E-state index is 6.05. The van der Waals surface area contributed by atoms with Gasteiger partial charge in [-0.3, -0.25) is 0 Å². The fourth-order valence-corrected chi connectivity index (χ4v) is 19.5. The zero-order valence-corrected chi connectivity index (χ0v) is 21.6. The molecule has 0 aromatic carbocycles. The summed E-state index contributed by atoms with van der Waals surface area (Å²) in [7, 11) is 0. The van der Waals surface area contributed by atoms with Gasteiger partial charge in [-0.2, -0.15) is 0 Å². The molecule has 1 atom stereocenters. The molecule has 5 heteroatoms. The van der Waals surface area contributed by atoms with Crippen LogP contribution in [0.2, 0.25) is 13.3 Å². The summed E-state index contributed by atoms with van der Waals surface area (Å²) >= 11 is -2.50. The van der Waals surface area contributed by atoms with Crippen LogP contribution >= 0.6 is 0 Å². The van der Waals surface area contributed by atoms with Crippen molar-refractivity contribution in [3.8, 4) is 5.88 Å². The Bertz CT molecular complexity index is 557. The summed E-state index contributed by atoms with van der Waals surface area (Å²) in [6.45, 7) is 11.9. The molecular formula is C23H41NO3Sn. The van der Waals surface area contributed by atoms with E-state index in [9.17, 15) is 0 Å². The van der Waals surface area contributed by atoms with Gasteiger partial charge in [-0.25, -0.2) is 0 Å². The molecule has 28 heavy (non-hydrogen) atoms. The van der Waals surface area contributed by atoms with Crippen LogP contribution in [0.3, 0.4) is 0 Å². The number of hydrogen-bond donors (Lipinski definition) is 0. The van der Waals surface area contributed by atoms with E-state index in [4.69, 9.17) is 19.2 Å². The van der Waals surface area contributed by atoms with Crippen LogP contribution in [0.5, 0.6) is 5.88 Å². The van der Waals surface area contributed by atoms with Crippen molar-refractivity contribution in [2.75, 3.05) is 13.2 Å². The Morgan fingerprint density at radius 2 is 1.64 bits per heavy atom. The molecule has 0 amide bonds. The van der Waals surface area contributed by atoms with Gasteiger partial charge < -0.3 is 0 Å². The van der Waals surface area contributed by atoms with E-state index in [1.807, 2.05) is 19.9 Å². The number of nitrogens with zero attached hydrogens (tertiary/aromatic N) is 1. The maximum atomic E-state index is 6.05. The summed E-state index contributed by atoms with van der Waals surface area (Å²) in [4.78, 5) is 5.08. The van der Waals surface area contributed by atoms with Gasteiger partial charge in [-0.15, -0.1) is 0 Å². The van der Waals surface area contributed by atoms with Crippen LogP contribution in [0, 0.1) is 0 Å². The van der Waals surface area contributed by atoms with Crippen LogP contribution in [0.15, 0.2) is 18.2 Å². The Labute approximate surface area is 176 Å². The van der Waals surface area contributed by atoms with E-state index < -0.39 is 24.2 Å². The third-order valence-electron chi connectivity index (χ3n) is 5.78. The molecule has 2 heterocycles. The third kappa shape index (κ3) is 7.17. The average Bonchev–Trinajstić information content (AvgIpc) is 3.05. The molecular weight excluding hydrogens is 457 g/mol. The zero-order chi connectivity index (χ0) is 20.5. The van der Waals surface area contributed by atoms with Crippen molar-refractivity contribution in [3.63, 3.8) is 0 Å².